The van der Waals surface area contributed by atoms with Gasteiger partial charge in [0, 0.05) is 63.4 Å². The van der Waals surface area contributed by atoms with Gasteiger partial charge in [-0.25, -0.2) is 4.98 Å². The van der Waals surface area contributed by atoms with Crippen LogP contribution in [0.25, 0.3) is 5.65 Å². The lowest BCUT2D eigenvalue weighted by atomic mass is 9.95. The molecule has 1 N–H and O–H groups in total. The molecule has 1 amide bonds. The van der Waals surface area contributed by atoms with Crippen molar-refractivity contribution in [3.63, 3.8) is 0 Å². The van der Waals surface area contributed by atoms with Crippen molar-refractivity contribution in [3.05, 3.63) is 23.5 Å². The summed E-state index contributed by atoms with van der Waals surface area (Å²) in [6.45, 7) is 5.39. The summed E-state index contributed by atoms with van der Waals surface area (Å²) in [4.78, 5) is 24.6. The number of likely N-dealkylation sites (N-methyl/N-ethyl adjacent to an activating group) is 1. The lowest BCUT2D eigenvalue weighted by molar-refractivity contribution is -0.137. The van der Waals surface area contributed by atoms with Crippen molar-refractivity contribution < 1.29 is 4.79 Å². The van der Waals surface area contributed by atoms with E-state index >= 15 is 0 Å². The van der Waals surface area contributed by atoms with E-state index in [-0.39, 0.29) is 5.92 Å². The Hall–Kier alpha value is -2.19. The summed E-state index contributed by atoms with van der Waals surface area (Å²) in [5.74, 6) is 1.58. The highest BCUT2D eigenvalue weighted by Crippen LogP contribution is 2.32. The number of piperidine rings is 1. The third kappa shape index (κ3) is 3.38. The summed E-state index contributed by atoms with van der Waals surface area (Å²) in [6, 6.07) is 2.53. The predicted molar refractivity (Wildman–Crippen MR) is 112 cm³/mol. The number of likely N-dealkylation sites (tertiary alicyclic amines) is 1. The highest BCUT2D eigenvalue weighted by atomic mass is 16.2. The van der Waals surface area contributed by atoms with Gasteiger partial charge in [0.25, 0.3) is 0 Å². The summed E-state index contributed by atoms with van der Waals surface area (Å²) in [5, 5.41) is 7.89. The zero-order valence-corrected chi connectivity index (χ0v) is 17.5. The summed E-state index contributed by atoms with van der Waals surface area (Å²) in [7, 11) is 4.18. The zero-order valence-electron chi connectivity index (χ0n) is 17.5. The van der Waals surface area contributed by atoms with Crippen molar-refractivity contribution in [2.75, 3.05) is 58.3 Å². The van der Waals surface area contributed by atoms with Gasteiger partial charge >= 0.3 is 0 Å². The molecule has 0 aromatic carbocycles. The number of aromatic nitrogens is 3. The standard InChI is InChI=1S/C21H31N7O/c1-22-16-4-11-26(12-5-16)21(29)15-13-27(14-15)20-17-6-9-25(2)10-7-18(17)24-19-3-8-23-28(19)20/h3,8,15-16,22H,4-7,9-14H2,1-2H3. The highest BCUT2D eigenvalue weighted by molar-refractivity contribution is 5.82. The Balaban J connectivity index is 1.34. The van der Waals surface area contributed by atoms with Crippen LogP contribution >= 0.6 is 0 Å². The van der Waals surface area contributed by atoms with Gasteiger partial charge in [-0.1, -0.05) is 0 Å². The first-order valence-electron chi connectivity index (χ1n) is 10.9. The van der Waals surface area contributed by atoms with Crippen LogP contribution in [0, 0.1) is 5.92 Å². The fraction of sp³-hybridized carbons (Fsp3) is 0.667. The van der Waals surface area contributed by atoms with Crippen LogP contribution in [0.5, 0.6) is 0 Å². The number of amides is 1. The largest absolute Gasteiger partial charge is 0.354 e. The average Bonchev–Trinajstić information content (AvgIpc) is 3.10. The fourth-order valence-electron chi connectivity index (χ4n) is 4.96. The van der Waals surface area contributed by atoms with E-state index in [2.05, 4.69) is 32.2 Å². The lowest BCUT2D eigenvalue weighted by Crippen LogP contribution is -2.57. The number of nitrogens with zero attached hydrogens (tertiary/aromatic N) is 6. The summed E-state index contributed by atoms with van der Waals surface area (Å²) < 4.78 is 1.98. The van der Waals surface area contributed by atoms with Crippen LogP contribution in [-0.2, 0) is 17.6 Å². The molecule has 2 fully saturated rings. The van der Waals surface area contributed by atoms with Crippen LogP contribution in [0.3, 0.4) is 0 Å². The fourth-order valence-corrected chi connectivity index (χ4v) is 4.96. The maximum atomic E-state index is 13.0. The molecule has 3 aliphatic rings. The van der Waals surface area contributed by atoms with Crippen molar-refractivity contribution in [1.82, 2.24) is 29.7 Å². The van der Waals surface area contributed by atoms with Gasteiger partial charge in [0.15, 0.2) is 5.65 Å². The van der Waals surface area contributed by atoms with Crippen LogP contribution < -0.4 is 10.2 Å². The molecular weight excluding hydrogens is 366 g/mol. The smallest absolute Gasteiger partial charge is 0.229 e. The van der Waals surface area contributed by atoms with Crippen molar-refractivity contribution in [2.24, 2.45) is 5.92 Å². The molecule has 5 rings (SSSR count). The molecule has 0 bridgehead atoms. The predicted octanol–water partition coefficient (Wildman–Crippen LogP) is 0.406. The van der Waals surface area contributed by atoms with Crippen LogP contribution in [0.15, 0.2) is 12.3 Å². The number of rotatable bonds is 3. The lowest BCUT2D eigenvalue weighted by Gasteiger charge is -2.44. The Bertz CT molecular complexity index is 896. The van der Waals surface area contributed by atoms with E-state index in [9.17, 15) is 4.79 Å². The second-order valence-electron chi connectivity index (χ2n) is 8.76. The van der Waals surface area contributed by atoms with Gasteiger partial charge in [-0.2, -0.15) is 9.61 Å². The number of anilines is 1. The van der Waals surface area contributed by atoms with Crippen molar-refractivity contribution >= 4 is 17.4 Å². The molecule has 8 nitrogen and oxygen atoms in total. The van der Waals surface area contributed by atoms with Crippen LogP contribution in [0.1, 0.15) is 24.1 Å². The van der Waals surface area contributed by atoms with Crippen LogP contribution in [0.2, 0.25) is 0 Å². The normalized spacial score (nSPS) is 21.9. The Labute approximate surface area is 171 Å². The van der Waals surface area contributed by atoms with Gasteiger partial charge in [0.05, 0.1) is 17.8 Å². The number of carbonyl (C=O) groups is 1. The van der Waals surface area contributed by atoms with Crippen LogP contribution in [0.4, 0.5) is 5.82 Å². The van der Waals surface area contributed by atoms with Gasteiger partial charge in [-0.05, 0) is 33.4 Å². The van der Waals surface area contributed by atoms with E-state index in [1.54, 1.807) is 0 Å². The van der Waals surface area contributed by atoms with E-state index in [4.69, 9.17) is 4.98 Å². The third-order valence-electron chi connectivity index (χ3n) is 6.91. The third-order valence-corrected chi connectivity index (χ3v) is 6.91. The molecule has 0 radical (unpaired) electrons. The number of fused-ring (bicyclic) bond motifs is 2. The van der Waals surface area contributed by atoms with E-state index < -0.39 is 0 Å². The van der Waals surface area contributed by atoms with E-state index in [1.807, 2.05) is 23.8 Å². The molecule has 29 heavy (non-hydrogen) atoms. The molecule has 0 saturated carbocycles. The minimum Gasteiger partial charge on any atom is -0.354 e. The first-order chi connectivity index (χ1) is 14.1. The van der Waals surface area contributed by atoms with Crippen molar-refractivity contribution in [3.8, 4) is 0 Å². The molecule has 2 saturated heterocycles. The quantitative estimate of drug-likeness (QED) is 0.809. The average molecular weight is 398 g/mol. The Kier molecular flexibility index (Phi) is 4.91. The first kappa shape index (κ1) is 18.8. The molecule has 0 atom stereocenters. The summed E-state index contributed by atoms with van der Waals surface area (Å²) >= 11 is 0. The maximum absolute atomic E-state index is 13.0. The summed E-state index contributed by atoms with van der Waals surface area (Å²) in [6.07, 6.45) is 5.88. The molecule has 156 valence electrons. The molecule has 0 spiro atoms. The second kappa shape index (κ2) is 7.57. The van der Waals surface area contributed by atoms with Gasteiger partial charge in [0.2, 0.25) is 5.91 Å². The molecule has 8 heteroatoms. The molecule has 3 aliphatic heterocycles. The van der Waals surface area contributed by atoms with Crippen molar-refractivity contribution in [1.29, 1.82) is 0 Å². The minimum atomic E-state index is 0.101. The molecule has 0 aliphatic carbocycles. The van der Waals surface area contributed by atoms with Gasteiger partial charge in [0.1, 0.15) is 5.82 Å². The number of hydrogen-bond acceptors (Lipinski definition) is 6. The topological polar surface area (TPSA) is 69.0 Å². The Morgan fingerprint density at radius 1 is 1.14 bits per heavy atom. The molecular formula is C21H31N7O. The molecule has 2 aromatic rings. The van der Waals surface area contributed by atoms with Crippen LogP contribution in [-0.4, -0.2) is 89.7 Å². The van der Waals surface area contributed by atoms with E-state index in [0.717, 1.165) is 76.4 Å². The first-order valence-corrected chi connectivity index (χ1v) is 10.9. The Morgan fingerprint density at radius 2 is 1.90 bits per heavy atom. The van der Waals surface area contributed by atoms with Crippen molar-refractivity contribution in [2.45, 2.75) is 31.7 Å². The maximum Gasteiger partial charge on any atom is 0.229 e. The SMILES string of the molecule is CNC1CCN(C(=O)C2CN(c3c4c(nc5ccnn35)CCN(C)CC4)C2)CC1. The van der Waals surface area contributed by atoms with E-state index in [1.165, 1.54) is 11.3 Å². The number of carbonyl (C=O) groups excluding carboxylic acids is 1. The number of nitrogens with one attached hydrogen (secondary N) is 1. The zero-order chi connectivity index (χ0) is 20.0. The minimum absolute atomic E-state index is 0.101. The molecule has 0 unspecified atom stereocenters. The monoisotopic (exact) mass is 397 g/mol. The molecule has 2 aromatic heterocycles. The number of hydrogen-bond donors (Lipinski definition) is 1. The second-order valence-corrected chi connectivity index (χ2v) is 8.76. The van der Waals surface area contributed by atoms with Gasteiger partial charge < -0.3 is 20.0 Å². The summed E-state index contributed by atoms with van der Waals surface area (Å²) in [5.41, 5.74) is 3.42. The molecule has 5 heterocycles. The Morgan fingerprint density at radius 3 is 2.66 bits per heavy atom. The van der Waals surface area contributed by atoms with Gasteiger partial charge in [-0.15, -0.1) is 0 Å². The van der Waals surface area contributed by atoms with Gasteiger partial charge in [-0.3, -0.25) is 4.79 Å². The highest BCUT2D eigenvalue weighted by Gasteiger charge is 2.39. The van der Waals surface area contributed by atoms with E-state index in [0.29, 0.717) is 11.9 Å².